The molecule has 0 aromatic carbocycles. The van der Waals surface area contributed by atoms with E-state index in [1.54, 1.807) is 14.2 Å². The zero-order valence-electron chi connectivity index (χ0n) is 9.77. The van der Waals surface area contributed by atoms with Crippen molar-refractivity contribution in [2.45, 2.75) is 12.6 Å². The van der Waals surface area contributed by atoms with Crippen molar-refractivity contribution in [1.29, 1.82) is 0 Å². The lowest BCUT2D eigenvalue weighted by atomic mass is 10.3. The summed E-state index contributed by atoms with van der Waals surface area (Å²) in [6.07, 6.45) is 0.0216. The van der Waals surface area contributed by atoms with Crippen LogP contribution in [0.25, 0.3) is 0 Å². The molecule has 0 saturated heterocycles. The van der Waals surface area contributed by atoms with Gasteiger partial charge in [0.15, 0.2) is 0 Å². The first-order valence-corrected chi connectivity index (χ1v) is 5.21. The average Bonchev–Trinajstić information content (AvgIpc) is 2.34. The molecular weight excluding hydrogens is 206 g/mol. The van der Waals surface area contributed by atoms with Crippen molar-refractivity contribution in [1.82, 2.24) is 4.98 Å². The van der Waals surface area contributed by atoms with E-state index in [2.05, 4.69) is 10.3 Å². The maximum Gasteiger partial charge on any atom is 0.126 e. The summed E-state index contributed by atoms with van der Waals surface area (Å²) < 4.78 is 10.3. The number of nitrogens with one attached hydrogen (secondary N) is 1. The van der Waals surface area contributed by atoms with Crippen molar-refractivity contribution in [3.63, 3.8) is 0 Å². The SMILES string of the molecule is COCC(CNc1cccc(CN)n1)OC. The maximum atomic E-state index is 5.51. The van der Waals surface area contributed by atoms with Gasteiger partial charge in [0.1, 0.15) is 5.82 Å². The van der Waals surface area contributed by atoms with Gasteiger partial charge in [-0.2, -0.15) is 0 Å². The zero-order chi connectivity index (χ0) is 11.8. The molecule has 5 nitrogen and oxygen atoms in total. The van der Waals surface area contributed by atoms with Gasteiger partial charge in [0.25, 0.3) is 0 Å². The highest BCUT2D eigenvalue weighted by Gasteiger charge is 2.06. The monoisotopic (exact) mass is 225 g/mol. The Balaban J connectivity index is 2.46. The van der Waals surface area contributed by atoms with E-state index >= 15 is 0 Å². The molecule has 0 aliphatic carbocycles. The summed E-state index contributed by atoms with van der Waals surface area (Å²) in [7, 11) is 3.31. The third-order valence-corrected chi connectivity index (χ3v) is 2.21. The fourth-order valence-corrected chi connectivity index (χ4v) is 1.31. The fourth-order valence-electron chi connectivity index (χ4n) is 1.31. The average molecular weight is 225 g/mol. The second-order valence-corrected chi connectivity index (χ2v) is 3.41. The van der Waals surface area contributed by atoms with Crippen molar-refractivity contribution in [3.05, 3.63) is 23.9 Å². The third-order valence-electron chi connectivity index (χ3n) is 2.21. The summed E-state index contributed by atoms with van der Waals surface area (Å²) in [5.41, 5.74) is 6.38. The molecule has 1 rings (SSSR count). The molecule has 0 radical (unpaired) electrons. The molecular formula is C11H19N3O2. The van der Waals surface area contributed by atoms with Gasteiger partial charge < -0.3 is 20.5 Å². The molecule has 5 heteroatoms. The van der Waals surface area contributed by atoms with Crippen LogP contribution in [0.4, 0.5) is 5.82 Å². The van der Waals surface area contributed by atoms with Crippen LogP contribution in [0.15, 0.2) is 18.2 Å². The lowest BCUT2D eigenvalue weighted by Gasteiger charge is -2.15. The predicted octanol–water partition coefficient (Wildman–Crippen LogP) is 0.614. The van der Waals surface area contributed by atoms with Gasteiger partial charge in [-0.15, -0.1) is 0 Å². The highest BCUT2D eigenvalue weighted by molar-refractivity contribution is 5.35. The van der Waals surface area contributed by atoms with E-state index in [0.717, 1.165) is 11.5 Å². The van der Waals surface area contributed by atoms with E-state index in [4.69, 9.17) is 15.2 Å². The second-order valence-electron chi connectivity index (χ2n) is 3.41. The van der Waals surface area contributed by atoms with E-state index in [-0.39, 0.29) is 6.10 Å². The zero-order valence-corrected chi connectivity index (χ0v) is 9.77. The quantitative estimate of drug-likeness (QED) is 0.711. The van der Waals surface area contributed by atoms with Crippen LogP contribution in [0.3, 0.4) is 0 Å². The molecule has 0 aliphatic heterocycles. The Morgan fingerprint density at radius 1 is 1.44 bits per heavy atom. The van der Waals surface area contributed by atoms with Gasteiger partial charge >= 0.3 is 0 Å². The number of hydrogen-bond acceptors (Lipinski definition) is 5. The second kappa shape index (κ2) is 7.16. The maximum absolute atomic E-state index is 5.51. The molecule has 0 spiro atoms. The molecule has 0 fully saturated rings. The third kappa shape index (κ3) is 4.14. The Morgan fingerprint density at radius 3 is 2.88 bits per heavy atom. The van der Waals surface area contributed by atoms with E-state index < -0.39 is 0 Å². The van der Waals surface area contributed by atoms with Gasteiger partial charge in [0, 0.05) is 27.3 Å². The first-order valence-electron chi connectivity index (χ1n) is 5.21. The van der Waals surface area contributed by atoms with E-state index in [1.807, 2.05) is 18.2 Å². The number of ether oxygens (including phenoxy) is 2. The summed E-state index contributed by atoms with van der Waals surface area (Å²) in [5, 5.41) is 3.18. The summed E-state index contributed by atoms with van der Waals surface area (Å²) in [6.45, 7) is 1.66. The van der Waals surface area contributed by atoms with Crippen LogP contribution in [-0.2, 0) is 16.0 Å². The molecule has 1 aromatic rings. The molecule has 16 heavy (non-hydrogen) atoms. The summed E-state index contributed by atoms with van der Waals surface area (Å²) in [5.74, 6) is 0.807. The predicted molar refractivity (Wildman–Crippen MR) is 63.3 cm³/mol. The summed E-state index contributed by atoms with van der Waals surface area (Å²) in [4.78, 5) is 4.33. The standard InChI is InChI=1S/C11H19N3O2/c1-15-8-10(16-2)7-13-11-5-3-4-9(6-12)14-11/h3-5,10H,6-8,12H2,1-2H3,(H,13,14). The lowest BCUT2D eigenvalue weighted by Crippen LogP contribution is -2.27. The molecule has 0 bridgehead atoms. The topological polar surface area (TPSA) is 69.4 Å². The van der Waals surface area contributed by atoms with Crippen LogP contribution in [0.1, 0.15) is 5.69 Å². The first kappa shape index (κ1) is 12.9. The van der Waals surface area contributed by atoms with Gasteiger partial charge in [-0.25, -0.2) is 4.98 Å². The highest BCUT2D eigenvalue weighted by atomic mass is 16.5. The van der Waals surface area contributed by atoms with E-state index in [1.165, 1.54) is 0 Å². The largest absolute Gasteiger partial charge is 0.382 e. The number of pyridine rings is 1. The van der Waals surface area contributed by atoms with E-state index in [9.17, 15) is 0 Å². The molecule has 1 atom stereocenters. The van der Waals surface area contributed by atoms with Gasteiger partial charge in [-0.05, 0) is 12.1 Å². The molecule has 0 aliphatic rings. The van der Waals surface area contributed by atoms with Crippen LogP contribution < -0.4 is 11.1 Å². The first-order chi connectivity index (χ1) is 7.80. The highest BCUT2D eigenvalue weighted by Crippen LogP contribution is 2.04. The Bertz CT molecular complexity index is 307. The van der Waals surface area contributed by atoms with Crippen molar-refractivity contribution >= 4 is 5.82 Å². The van der Waals surface area contributed by atoms with Crippen LogP contribution in [-0.4, -0.2) is 38.5 Å². The molecule has 90 valence electrons. The number of methoxy groups -OCH3 is 2. The number of nitrogens with two attached hydrogens (primary N) is 1. The van der Waals surface area contributed by atoms with Crippen molar-refractivity contribution in [3.8, 4) is 0 Å². The Morgan fingerprint density at radius 2 is 2.25 bits per heavy atom. The van der Waals surface area contributed by atoms with Crippen LogP contribution in [0, 0.1) is 0 Å². The van der Waals surface area contributed by atoms with Gasteiger partial charge in [-0.3, -0.25) is 0 Å². The van der Waals surface area contributed by atoms with Gasteiger partial charge in [-0.1, -0.05) is 6.07 Å². The minimum atomic E-state index is 0.0216. The normalized spacial score (nSPS) is 12.4. The smallest absolute Gasteiger partial charge is 0.126 e. The van der Waals surface area contributed by atoms with Gasteiger partial charge in [0.2, 0.25) is 0 Å². The minimum Gasteiger partial charge on any atom is -0.382 e. The number of nitrogens with zero attached hydrogens (tertiary/aromatic N) is 1. The number of rotatable bonds is 7. The molecule has 0 amide bonds. The Kier molecular flexibility index (Phi) is 5.77. The van der Waals surface area contributed by atoms with E-state index in [0.29, 0.717) is 19.7 Å². The molecule has 1 unspecified atom stereocenters. The number of anilines is 1. The number of aromatic nitrogens is 1. The fraction of sp³-hybridized carbons (Fsp3) is 0.545. The molecule has 0 saturated carbocycles. The minimum absolute atomic E-state index is 0.0216. The van der Waals surface area contributed by atoms with Crippen LogP contribution >= 0.6 is 0 Å². The lowest BCUT2D eigenvalue weighted by molar-refractivity contribution is 0.0365. The molecule has 1 aromatic heterocycles. The van der Waals surface area contributed by atoms with Crippen LogP contribution in [0.2, 0.25) is 0 Å². The van der Waals surface area contributed by atoms with Crippen molar-refractivity contribution in [2.75, 3.05) is 32.7 Å². The van der Waals surface area contributed by atoms with Crippen molar-refractivity contribution < 1.29 is 9.47 Å². The van der Waals surface area contributed by atoms with Gasteiger partial charge in [0.05, 0.1) is 18.4 Å². The summed E-state index contributed by atoms with van der Waals surface area (Å²) >= 11 is 0. The number of hydrogen-bond donors (Lipinski definition) is 2. The van der Waals surface area contributed by atoms with Crippen LogP contribution in [0.5, 0.6) is 0 Å². The Labute approximate surface area is 96.0 Å². The Hall–Kier alpha value is -1.17. The molecule has 1 heterocycles. The van der Waals surface area contributed by atoms with Crippen molar-refractivity contribution in [2.24, 2.45) is 5.73 Å². The summed E-state index contributed by atoms with van der Waals surface area (Å²) in [6, 6.07) is 5.72. The molecule has 3 N–H and O–H groups in total.